The van der Waals surface area contributed by atoms with Crippen LogP contribution in [0.3, 0.4) is 0 Å². The van der Waals surface area contributed by atoms with E-state index < -0.39 is 0 Å². The highest BCUT2D eigenvalue weighted by Gasteiger charge is 2.08. The Bertz CT molecular complexity index is 599. The second kappa shape index (κ2) is 11.1. The molecule has 0 unspecified atom stereocenters. The fraction of sp³-hybridized carbons (Fsp3) is 0.500. The summed E-state index contributed by atoms with van der Waals surface area (Å²) < 4.78 is 0. The second-order valence-corrected chi connectivity index (χ2v) is 5.82. The molecule has 1 rings (SSSR count). The van der Waals surface area contributed by atoms with Gasteiger partial charge in [-0.25, -0.2) is 0 Å². The van der Waals surface area contributed by atoms with E-state index in [1.807, 2.05) is 31.2 Å². The Morgan fingerprint density at radius 2 is 1.84 bits per heavy atom. The van der Waals surface area contributed by atoms with E-state index in [0.29, 0.717) is 31.2 Å². The summed E-state index contributed by atoms with van der Waals surface area (Å²) in [6, 6.07) is 7.63. The Morgan fingerprint density at radius 1 is 1.12 bits per heavy atom. The van der Waals surface area contributed by atoms with E-state index >= 15 is 0 Å². The monoisotopic (exact) mass is 347 g/mol. The van der Waals surface area contributed by atoms with E-state index in [1.165, 1.54) is 6.92 Å². The largest absolute Gasteiger partial charge is 0.357 e. The summed E-state index contributed by atoms with van der Waals surface area (Å²) >= 11 is 0. The first kappa shape index (κ1) is 20.5. The summed E-state index contributed by atoms with van der Waals surface area (Å²) in [5.74, 6) is 0.669. The van der Waals surface area contributed by atoms with E-state index in [9.17, 15) is 9.59 Å². The van der Waals surface area contributed by atoms with Crippen molar-refractivity contribution >= 4 is 17.8 Å². The normalized spacial score (nSPS) is 11.0. The van der Waals surface area contributed by atoms with Crippen molar-refractivity contribution in [1.29, 1.82) is 0 Å². The zero-order valence-corrected chi connectivity index (χ0v) is 15.6. The van der Waals surface area contributed by atoms with Crippen molar-refractivity contribution < 1.29 is 9.59 Å². The minimum atomic E-state index is -0.0455. The molecule has 0 aliphatic carbocycles. The molecule has 1 aromatic carbocycles. The number of hydrogen-bond donors (Lipinski definition) is 3. The van der Waals surface area contributed by atoms with Gasteiger partial charge in [0, 0.05) is 52.8 Å². The predicted octanol–water partition coefficient (Wildman–Crippen LogP) is 0.622. The number of guanidine groups is 1. The van der Waals surface area contributed by atoms with Gasteiger partial charge in [-0.2, -0.15) is 0 Å². The molecule has 2 amide bonds. The van der Waals surface area contributed by atoms with Crippen LogP contribution < -0.4 is 16.0 Å². The lowest BCUT2D eigenvalue weighted by Gasteiger charge is -2.12. The lowest BCUT2D eigenvalue weighted by Crippen LogP contribution is -2.41. The average molecular weight is 347 g/mol. The molecule has 0 aromatic heterocycles. The summed E-state index contributed by atoms with van der Waals surface area (Å²) in [5, 5.41) is 9.07. The molecule has 0 spiro atoms. The van der Waals surface area contributed by atoms with Crippen LogP contribution >= 0.6 is 0 Å². The molecule has 0 saturated heterocycles. The van der Waals surface area contributed by atoms with Gasteiger partial charge in [0.05, 0.1) is 0 Å². The molecule has 0 aliphatic rings. The fourth-order valence-electron chi connectivity index (χ4n) is 2.18. The number of nitrogens with zero attached hydrogens (tertiary/aromatic N) is 2. The van der Waals surface area contributed by atoms with Gasteiger partial charge in [0.2, 0.25) is 5.91 Å². The van der Waals surface area contributed by atoms with Crippen LogP contribution in [0, 0.1) is 0 Å². The summed E-state index contributed by atoms with van der Waals surface area (Å²) in [7, 11) is 3.49. The van der Waals surface area contributed by atoms with Gasteiger partial charge < -0.3 is 20.9 Å². The lowest BCUT2D eigenvalue weighted by atomic mass is 10.1. The van der Waals surface area contributed by atoms with Crippen molar-refractivity contribution in [3.8, 4) is 0 Å². The Hall–Kier alpha value is -2.57. The first-order valence-corrected chi connectivity index (χ1v) is 8.51. The number of carbonyl (C=O) groups excluding carboxylic acids is 2. The van der Waals surface area contributed by atoms with Gasteiger partial charge in [-0.3, -0.25) is 14.6 Å². The maximum atomic E-state index is 12.0. The third kappa shape index (κ3) is 8.19. The first-order valence-electron chi connectivity index (χ1n) is 8.51. The van der Waals surface area contributed by atoms with Crippen LogP contribution in [0.15, 0.2) is 29.3 Å². The van der Waals surface area contributed by atoms with Crippen molar-refractivity contribution in [3.05, 3.63) is 35.4 Å². The average Bonchev–Trinajstić information content (AvgIpc) is 2.58. The van der Waals surface area contributed by atoms with E-state index in [2.05, 4.69) is 20.9 Å². The third-order valence-electron chi connectivity index (χ3n) is 3.39. The lowest BCUT2D eigenvalue weighted by molar-refractivity contribution is -0.118. The van der Waals surface area contributed by atoms with Crippen LogP contribution in [0.5, 0.6) is 0 Å². The number of carbonyl (C=O) groups is 2. The minimum absolute atomic E-state index is 0.00155. The molecule has 0 bridgehead atoms. The Morgan fingerprint density at radius 3 is 2.48 bits per heavy atom. The molecule has 0 atom stereocenters. The van der Waals surface area contributed by atoms with Crippen LogP contribution in [0.25, 0.3) is 0 Å². The molecule has 0 saturated carbocycles. The highest BCUT2D eigenvalue weighted by atomic mass is 16.2. The zero-order valence-electron chi connectivity index (χ0n) is 15.6. The predicted molar refractivity (Wildman–Crippen MR) is 101 cm³/mol. The topological polar surface area (TPSA) is 85.8 Å². The molecule has 7 nitrogen and oxygen atoms in total. The number of hydrogen-bond acceptors (Lipinski definition) is 3. The summed E-state index contributed by atoms with van der Waals surface area (Å²) in [4.78, 5) is 28.9. The Labute approximate surface area is 149 Å². The number of aliphatic imine (C=N–C) groups is 1. The van der Waals surface area contributed by atoms with Gasteiger partial charge >= 0.3 is 0 Å². The van der Waals surface area contributed by atoms with Crippen LogP contribution in [0.2, 0.25) is 0 Å². The Balaban J connectivity index is 2.55. The van der Waals surface area contributed by atoms with Crippen LogP contribution in [0.4, 0.5) is 0 Å². The van der Waals surface area contributed by atoms with Gasteiger partial charge in [-0.15, -0.1) is 0 Å². The van der Waals surface area contributed by atoms with E-state index in [-0.39, 0.29) is 11.8 Å². The van der Waals surface area contributed by atoms with Gasteiger partial charge in [-0.1, -0.05) is 12.1 Å². The van der Waals surface area contributed by atoms with Crippen molar-refractivity contribution in [3.63, 3.8) is 0 Å². The molecule has 25 heavy (non-hydrogen) atoms. The maximum absolute atomic E-state index is 12.0. The highest BCUT2D eigenvalue weighted by Crippen LogP contribution is 2.08. The van der Waals surface area contributed by atoms with E-state index in [1.54, 1.807) is 19.0 Å². The molecule has 0 heterocycles. The van der Waals surface area contributed by atoms with Gasteiger partial charge in [0.1, 0.15) is 0 Å². The fourth-order valence-corrected chi connectivity index (χ4v) is 2.18. The molecule has 7 heteroatoms. The molecule has 1 aromatic rings. The molecule has 138 valence electrons. The van der Waals surface area contributed by atoms with Gasteiger partial charge in [0.25, 0.3) is 5.91 Å². The SMILES string of the molecule is CCNC(=NCCc1cccc(C(=O)N(C)C)c1)NCCNC(C)=O. The van der Waals surface area contributed by atoms with Crippen LogP contribution in [-0.2, 0) is 11.2 Å². The summed E-state index contributed by atoms with van der Waals surface area (Å²) in [6.45, 7) is 6.02. The van der Waals surface area contributed by atoms with Gasteiger partial charge in [-0.05, 0) is 31.0 Å². The highest BCUT2D eigenvalue weighted by molar-refractivity contribution is 5.94. The van der Waals surface area contributed by atoms with Crippen molar-refractivity contribution in [1.82, 2.24) is 20.9 Å². The third-order valence-corrected chi connectivity index (χ3v) is 3.39. The maximum Gasteiger partial charge on any atom is 0.253 e. The Kier molecular flexibility index (Phi) is 9.06. The quantitative estimate of drug-likeness (QED) is 0.366. The molecule has 0 radical (unpaired) electrons. The van der Waals surface area contributed by atoms with Crippen LogP contribution in [-0.4, -0.2) is 62.9 Å². The second-order valence-electron chi connectivity index (χ2n) is 5.82. The van der Waals surface area contributed by atoms with Gasteiger partial charge in [0.15, 0.2) is 5.96 Å². The molecule has 3 N–H and O–H groups in total. The zero-order chi connectivity index (χ0) is 18.7. The number of rotatable bonds is 8. The van der Waals surface area contributed by atoms with Crippen molar-refractivity contribution in [2.75, 3.05) is 40.3 Å². The van der Waals surface area contributed by atoms with Crippen LogP contribution in [0.1, 0.15) is 29.8 Å². The smallest absolute Gasteiger partial charge is 0.253 e. The van der Waals surface area contributed by atoms with Crippen molar-refractivity contribution in [2.45, 2.75) is 20.3 Å². The van der Waals surface area contributed by atoms with E-state index in [0.717, 1.165) is 18.5 Å². The minimum Gasteiger partial charge on any atom is -0.357 e. The standard InChI is InChI=1S/C18H29N5O2/c1-5-19-18(22-12-11-20-14(2)24)21-10-9-15-7-6-8-16(13-15)17(25)23(3)4/h6-8,13H,5,9-12H2,1-4H3,(H,20,24)(H2,19,21,22). The number of nitrogens with one attached hydrogen (secondary N) is 3. The number of benzene rings is 1. The molecule has 0 aliphatic heterocycles. The first-order chi connectivity index (χ1) is 11.9. The van der Waals surface area contributed by atoms with E-state index in [4.69, 9.17) is 0 Å². The summed E-state index contributed by atoms with van der Waals surface area (Å²) in [6.07, 6.45) is 0.747. The molecular weight excluding hydrogens is 318 g/mol. The van der Waals surface area contributed by atoms with Crippen molar-refractivity contribution in [2.24, 2.45) is 4.99 Å². The summed E-state index contributed by atoms with van der Waals surface area (Å²) in [5.41, 5.74) is 1.76. The molecule has 0 fully saturated rings. The number of amides is 2. The molecular formula is C18H29N5O2.